The molecule has 1 amide bonds. The molecule has 24 heavy (non-hydrogen) atoms. The predicted octanol–water partition coefficient (Wildman–Crippen LogP) is 2.79. The highest BCUT2D eigenvalue weighted by Crippen LogP contribution is 2.24. The predicted molar refractivity (Wildman–Crippen MR) is 93.3 cm³/mol. The molecule has 1 atom stereocenters. The van der Waals surface area contributed by atoms with Gasteiger partial charge in [0.25, 0.3) is 0 Å². The molecule has 0 aliphatic heterocycles. The summed E-state index contributed by atoms with van der Waals surface area (Å²) in [7, 11) is 0. The number of fused-ring (bicyclic) bond motifs is 1. The fourth-order valence-electron chi connectivity index (χ4n) is 2.77. The zero-order valence-corrected chi connectivity index (χ0v) is 13.8. The van der Waals surface area contributed by atoms with E-state index in [9.17, 15) is 9.90 Å². The number of rotatable bonds is 5. The van der Waals surface area contributed by atoms with Crippen LogP contribution in [-0.4, -0.2) is 21.0 Å². The Morgan fingerprint density at radius 3 is 2.67 bits per heavy atom. The van der Waals surface area contributed by atoms with Gasteiger partial charge in [0.05, 0.1) is 29.6 Å². The van der Waals surface area contributed by atoms with Crippen molar-refractivity contribution >= 4 is 16.9 Å². The van der Waals surface area contributed by atoms with E-state index in [1.165, 1.54) is 0 Å². The average molecular weight is 323 g/mol. The van der Waals surface area contributed by atoms with E-state index in [4.69, 9.17) is 0 Å². The first-order chi connectivity index (χ1) is 11.5. The van der Waals surface area contributed by atoms with Crippen LogP contribution in [-0.2, 0) is 16.9 Å². The van der Waals surface area contributed by atoms with Gasteiger partial charge in [0.15, 0.2) is 0 Å². The number of hydrogen-bond donors (Lipinski definition) is 3. The number of aryl methyl sites for hydroxylation is 1. The van der Waals surface area contributed by atoms with Crippen LogP contribution < -0.4 is 5.32 Å². The molecule has 0 spiro atoms. The number of hydrogen-bond acceptors (Lipinski definition) is 3. The molecule has 0 saturated carbocycles. The highest BCUT2D eigenvalue weighted by Gasteiger charge is 2.26. The van der Waals surface area contributed by atoms with E-state index in [1.807, 2.05) is 55.5 Å². The van der Waals surface area contributed by atoms with E-state index in [2.05, 4.69) is 15.3 Å². The standard InChI is InChI=1S/C19H21N3O2/c1-13-7-6-10-15-18(13)22-16(21-15)12-20-17(23)11-19(2,24)14-8-4-3-5-9-14/h3-10,24H,11-12H2,1-2H3,(H,20,23)(H,21,22). The second-order valence-electron chi connectivity index (χ2n) is 6.25. The maximum absolute atomic E-state index is 12.2. The Morgan fingerprint density at radius 2 is 1.96 bits per heavy atom. The number of amides is 1. The van der Waals surface area contributed by atoms with Gasteiger partial charge in [-0.1, -0.05) is 42.5 Å². The molecule has 1 unspecified atom stereocenters. The molecular weight excluding hydrogens is 302 g/mol. The highest BCUT2D eigenvalue weighted by atomic mass is 16.3. The Balaban J connectivity index is 1.63. The molecule has 1 aromatic heterocycles. The topological polar surface area (TPSA) is 78.0 Å². The van der Waals surface area contributed by atoms with Gasteiger partial charge in [0, 0.05) is 0 Å². The molecule has 124 valence electrons. The van der Waals surface area contributed by atoms with Crippen LogP contribution in [0.5, 0.6) is 0 Å². The van der Waals surface area contributed by atoms with Crippen molar-refractivity contribution in [3.63, 3.8) is 0 Å². The molecule has 0 bridgehead atoms. The van der Waals surface area contributed by atoms with Gasteiger partial charge in [-0.05, 0) is 31.0 Å². The molecular formula is C19H21N3O2. The summed E-state index contributed by atoms with van der Waals surface area (Å²) in [6.07, 6.45) is -0.00370. The fraction of sp³-hybridized carbons (Fsp3) is 0.263. The van der Waals surface area contributed by atoms with Crippen molar-refractivity contribution in [2.45, 2.75) is 32.4 Å². The number of aromatic nitrogens is 2. The number of aromatic amines is 1. The van der Waals surface area contributed by atoms with E-state index < -0.39 is 5.60 Å². The van der Waals surface area contributed by atoms with Crippen LogP contribution >= 0.6 is 0 Å². The van der Waals surface area contributed by atoms with Gasteiger partial charge in [-0.3, -0.25) is 4.79 Å². The Hall–Kier alpha value is -2.66. The first kappa shape index (κ1) is 16.2. The molecule has 0 aliphatic rings. The van der Waals surface area contributed by atoms with E-state index in [0.717, 1.165) is 22.2 Å². The quantitative estimate of drug-likeness (QED) is 0.675. The van der Waals surface area contributed by atoms with E-state index in [-0.39, 0.29) is 12.3 Å². The lowest BCUT2D eigenvalue weighted by molar-refractivity contribution is -0.126. The molecule has 3 aromatic rings. The van der Waals surface area contributed by atoms with Crippen molar-refractivity contribution in [3.8, 4) is 0 Å². The third kappa shape index (κ3) is 3.46. The lowest BCUT2D eigenvalue weighted by atomic mass is 9.92. The maximum atomic E-state index is 12.2. The highest BCUT2D eigenvalue weighted by molar-refractivity contribution is 5.79. The average Bonchev–Trinajstić information content (AvgIpc) is 2.98. The van der Waals surface area contributed by atoms with E-state index in [1.54, 1.807) is 6.92 Å². The number of benzene rings is 2. The number of aliphatic hydroxyl groups is 1. The Labute approximate surface area is 140 Å². The monoisotopic (exact) mass is 323 g/mol. The minimum Gasteiger partial charge on any atom is -0.385 e. The molecule has 3 N–H and O–H groups in total. The van der Waals surface area contributed by atoms with Crippen LogP contribution in [0.25, 0.3) is 11.0 Å². The van der Waals surface area contributed by atoms with Gasteiger partial charge >= 0.3 is 0 Å². The number of nitrogens with zero attached hydrogens (tertiary/aromatic N) is 1. The number of H-pyrrole nitrogens is 1. The molecule has 2 aromatic carbocycles. The van der Waals surface area contributed by atoms with Gasteiger partial charge in [0.2, 0.25) is 5.91 Å². The fourth-order valence-corrected chi connectivity index (χ4v) is 2.77. The molecule has 0 radical (unpaired) electrons. The van der Waals surface area contributed by atoms with Crippen LogP contribution in [0.1, 0.15) is 30.3 Å². The van der Waals surface area contributed by atoms with E-state index >= 15 is 0 Å². The Morgan fingerprint density at radius 1 is 1.21 bits per heavy atom. The normalized spacial score (nSPS) is 13.6. The molecule has 5 nitrogen and oxygen atoms in total. The van der Waals surface area contributed by atoms with Crippen LogP contribution in [0, 0.1) is 6.92 Å². The number of para-hydroxylation sites is 1. The second-order valence-corrected chi connectivity index (χ2v) is 6.25. The van der Waals surface area contributed by atoms with Gasteiger partial charge in [-0.2, -0.15) is 0 Å². The summed E-state index contributed by atoms with van der Waals surface area (Å²) in [6.45, 7) is 3.95. The summed E-state index contributed by atoms with van der Waals surface area (Å²) in [5.74, 6) is 0.480. The molecule has 0 saturated heterocycles. The summed E-state index contributed by atoms with van der Waals surface area (Å²) in [6, 6.07) is 15.1. The van der Waals surface area contributed by atoms with Crippen molar-refractivity contribution in [2.24, 2.45) is 0 Å². The van der Waals surface area contributed by atoms with Crippen LogP contribution in [0.3, 0.4) is 0 Å². The molecule has 5 heteroatoms. The summed E-state index contributed by atoms with van der Waals surface area (Å²) < 4.78 is 0. The summed E-state index contributed by atoms with van der Waals surface area (Å²) in [5, 5.41) is 13.3. The molecule has 0 aliphatic carbocycles. The lowest BCUT2D eigenvalue weighted by Gasteiger charge is -2.23. The number of nitrogens with one attached hydrogen (secondary N) is 2. The minimum absolute atomic E-state index is 0.00370. The van der Waals surface area contributed by atoms with Crippen molar-refractivity contribution < 1.29 is 9.90 Å². The van der Waals surface area contributed by atoms with Gasteiger partial charge < -0.3 is 15.4 Å². The van der Waals surface area contributed by atoms with Gasteiger partial charge in [-0.15, -0.1) is 0 Å². The summed E-state index contributed by atoms with van der Waals surface area (Å²) in [4.78, 5) is 19.9. The minimum atomic E-state index is -1.20. The second kappa shape index (κ2) is 6.45. The number of imidazole rings is 1. The van der Waals surface area contributed by atoms with Crippen molar-refractivity contribution in [1.82, 2.24) is 15.3 Å². The zero-order chi connectivity index (χ0) is 17.2. The maximum Gasteiger partial charge on any atom is 0.223 e. The molecule has 0 fully saturated rings. The largest absolute Gasteiger partial charge is 0.385 e. The van der Waals surface area contributed by atoms with Crippen molar-refractivity contribution in [3.05, 3.63) is 65.5 Å². The van der Waals surface area contributed by atoms with Gasteiger partial charge in [0.1, 0.15) is 5.82 Å². The van der Waals surface area contributed by atoms with Gasteiger partial charge in [-0.25, -0.2) is 4.98 Å². The van der Waals surface area contributed by atoms with Crippen LogP contribution in [0.4, 0.5) is 0 Å². The third-order valence-electron chi connectivity index (χ3n) is 4.12. The SMILES string of the molecule is Cc1cccc2[nH]c(CNC(=O)CC(C)(O)c3ccccc3)nc12. The molecule has 3 rings (SSSR count). The zero-order valence-electron chi connectivity index (χ0n) is 13.8. The summed E-state index contributed by atoms with van der Waals surface area (Å²) >= 11 is 0. The Bertz CT molecular complexity index is 853. The van der Waals surface area contributed by atoms with Crippen LogP contribution in [0.15, 0.2) is 48.5 Å². The third-order valence-corrected chi connectivity index (χ3v) is 4.12. The smallest absolute Gasteiger partial charge is 0.223 e. The number of carbonyl (C=O) groups excluding carboxylic acids is 1. The summed E-state index contributed by atoms with van der Waals surface area (Å²) in [5.41, 5.74) is 2.48. The first-order valence-electron chi connectivity index (χ1n) is 7.94. The van der Waals surface area contributed by atoms with Crippen molar-refractivity contribution in [1.29, 1.82) is 0 Å². The molecule has 1 heterocycles. The van der Waals surface area contributed by atoms with E-state index in [0.29, 0.717) is 12.4 Å². The Kier molecular flexibility index (Phi) is 4.36. The van der Waals surface area contributed by atoms with Crippen LogP contribution in [0.2, 0.25) is 0 Å². The van der Waals surface area contributed by atoms with Crippen molar-refractivity contribution in [2.75, 3.05) is 0 Å². The first-order valence-corrected chi connectivity index (χ1v) is 7.94. The lowest BCUT2D eigenvalue weighted by Crippen LogP contribution is -2.32. The number of carbonyl (C=O) groups is 1.